The zero-order valence-electron chi connectivity index (χ0n) is 20.7. The summed E-state index contributed by atoms with van der Waals surface area (Å²) in [7, 11) is 4.97. The first kappa shape index (κ1) is 27.9. The van der Waals surface area contributed by atoms with Gasteiger partial charge >= 0.3 is 17.3 Å². The van der Waals surface area contributed by atoms with Gasteiger partial charge in [0.2, 0.25) is 5.78 Å². The topological polar surface area (TPSA) is 213 Å². The molecule has 0 spiro atoms. The number of nitrogens with two attached hydrogens (primary N) is 2. The predicted octanol–water partition coefficient (Wildman–Crippen LogP) is -1.94. The van der Waals surface area contributed by atoms with Gasteiger partial charge in [0.15, 0.2) is 12.4 Å². The van der Waals surface area contributed by atoms with E-state index in [0.29, 0.717) is 4.57 Å². The Morgan fingerprint density at radius 1 is 0.842 bits per heavy atom. The number of Topliss-reactive ketones (excluding diaryl/α,β-unsaturated/α-hetero) is 2. The van der Waals surface area contributed by atoms with Gasteiger partial charge in [-0.3, -0.25) is 37.4 Å². The molecule has 0 saturated heterocycles. The van der Waals surface area contributed by atoms with E-state index < -0.39 is 52.2 Å². The molecule has 0 bridgehead atoms. The van der Waals surface area contributed by atoms with Crippen LogP contribution in [0.5, 0.6) is 0 Å². The second-order valence-electron chi connectivity index (χ2n) is 8.00. The van der Waals surface area contributed by atoms with Crippen LogP contribution < -0.4 is 34.0 Å². The van der Waals surface area contributed by atoms with E-state index in [1.807, 2.05) is 0 Å². The number of nitrogens with zero attached hydrogens (tertiary/aromatic N) is 5. The molecule has 3 aromatic rings. The predicted molar refractivity (Wildman–Crippen MR) is 137 cm³/mol. The van der Waals surface area contributed by atoms with E-state index in [9.17, 15) is 33.6 Å². The Hall–Kier alpha value is -4.73. The lowest BCUT2D eigenvalue weighted by Crippen LogP contribution is -2.42. The van der Waals surface area contributed by atoms with Crippen molar-refractivity contribution in [1.29, 1.82) is 0 Å². The van der Waals surface area contributed by atoms with Gasteiger partial charge in [0.25, 0.3) is 11.1 Å². The van der Waals surface area contributed by atoms with Gasteiger partial charge in [-0.25, -0.2) is 19.4 Å². The van der Waals surface area contributed by atoms with Gasteiger partial charge in [0.1, 0.15) is 27.8 Å². The zero-order chi connectivity index (χ0) is 28.5. The highest BCUT2D eigenvalue weighted by molar-refractivity contribution is 8.00. The number of anilines is 2. The monoisotopic (exact) mass is 545 g/mol. The van der Waals surface area contributed by atoms with Gasteiger partial charge in [0.05, 0.1) is 11.3 Å². The molecule has 3 aromatic heterocycles. The van der Waals surface area contributed by atoms with Gasteiger partial charge in [-0.2, -0.15) is 0 Å². The lowest BCUT2D eigenvalue weighted by Gasteiger charge is -2.12. The number of aromatic nitrogens is 5. The minimum absolute atomic E-state index is 0.0519. The van der Waals surface area contributed by atoms with Crippen LogP contribution in [0.1, 0.15) is 31.1 Å². The summed E-state index contributed by atoms with van der Waals surface area (Å²) in [6, 6.07) is 2.76. The molecule has 0 atom stereocenters. The van der Waals surface area contributed by atoms with Gasteiger partial charge in [-0.15, -0.1) is 0 Å². The Bertz CT molecular complexity index is 1730. The van der Waals surface area contributed by atoms with Crippen molar-refractivity contribution in [3.05, 3.63) is 76.7 Å². The van der Waals surface area contributed by atoms with Crippen molar-refractivity contribution in [3.8, 4) is 0 Å². The number of nitrogen functional groups attached to an aromatic ring is 2. The normalized spacial score (nSPS) is 10.8. The highest BCUT2D eigenvalue weighted by Gasteiger charge is 2.24. The first-order valence-corrected chi connectivity index (χ1v) is 11.7. The smallest absolute Gasteiger partial charge is 0.341 e. The molecular weight excluding hydrogens is 522 g/mol. The van der Waals surface area contributed by atoms with Crippen LogP contribution in [0.3, 0.4) is 0 Å². The Morgan fingerprint density at radius 3 is 1.87 bits per heavy atom. The molecular formula is C22H23N7O8S. The van der Waals surface area contributed by atoms with Crippen molar-refractivity contribution < 1.29 is 19.1 Å². The number of thioether (sulfide) groups is 1. The average Bonchev–Trinajstić information content (AvgIpc) is 2.90. The molecule has 0 aromatic carbocycles. The molecule has 4 N–H and O–H groups in total. The number of ketones is 2. The van der Waals surface area contributed by atoms with Gasteiger partial charge in [-0.1, -0.05) is 11.8 Å². The fraction of sp³-hybridized carbons (Fsp3) is 0.273. The minimum Gasteiger partial charge on any atom is -0.454 e. The molecule has 16 heteroatoms. The Labute approximate surface area is 217 Å². The maximum Gasteiger partial charge on any atom is 0.341 e. The van der Waals surface area contributed by atoms with Crippen LogP contribution in [0.2, 0.25) is 0 Å². The molecule has 38 heavy (non-hydrogen) atoms. The third kappa shape index (κ3) is 4.93. The molecule has 0 amide bonds. The fourth-order valence-electron chi connectivity index (χ4n) is 3.39. The number of carbonyl (C=O) groups is 3. The van der Waals surface area contributed by atoms with E-state index in [2.05, 4.69) is 4.98 Å². The minimum atomic E-state index is -0.987. The van der Waals surface area contributed by atoms with Crippen molar-refractivity contribution in [3.63, 3.8) is 0 Å². The van der Waals surface area contributed by atoms with Crippen molar-refractivity contribution in [2.45, 2.75) is 5.03 Å². The Balaban J connectivity index is 1.79. The van der Waals surface area contributed by atoms with E-state index in [-0.39, 0.29) is 33.5 Å². The van der Waals surface area contributed by atoms with Crippen LogP contribution in [0.25, 0.3) is 0 Å². The van der Waals surface area contributed by atoms with Crippen LogP contribution in [-0.2, 0) is 32.9 Å². The van der Waals surface area contributed by atoms with E-state index in [1.165, 1.54) is 46.5 Å². The summed E-state index contributed by atoms with van der Waals surface area (Å²) in [5.41, 5.74) is 7.34. The summed E-state index contributed by atoms with van der Waals surface area (Å²) in [6.07, 6.45) is 1.35. The molecule has 0 saturated carbocycles. The van der Waals surface area contributed by atoms with Crippen molar-refractivity contribution in [2.24, 2.45) is 28.2 Å². The Morgan fingerprint density at radius 2 is 1.34 bits per heavy atom. The summed E-state index contributed by atoms with van der Waals surface area (Å²) < 4.78 is 8.37. The highest BCUT2D eigenvalue weighted by atomic mass is 32.2. The third-order valence-electron chi connectivity index (χ3n) is 5.64. The molecule has 0 aliphatic rings. The molecule has 0 aliphatic carbocycles. The maximum absolute atomic E-state index is 12.8. The van der Waals surface area contributed by atoms with E-state index in [0.717, 1.165) is 25.5 Å². The summed E-state index contributed by atoms with van der Waals surface area (Å²) in [6.45, 7) is -0.862. The number of pyridine rings is 1. The summed E-state index contributed by atoms with van der Waals surface area (Å²) in [4.78, 5) is 90.9. The van der Waals surface area contributed by atoms with Crippen LogP contribution in [0, 0.1) is 0 Å². The van der Waals surface area contributed by atoms with Gasteiger partial charge in [0, 0.05) is 34.4 Å². The van der Waals surface area contributed by atoms with Crippen molar-refractivity contribution in [1.82, 2.24) is 23.3 Å². The fourth-order valence-corrected chi connectivity index (χ4v) is 4.25. The molecule has 0 aliphatic heterocycles. The number of carbonyl (C=O) groups excluding carboxylic acids is 3. The summed E-state index contributed by atoms with van der Waals surface area (Å²) in [5, 5.41) is 0.0519. The molecule has 0 radical (unpaired) electrons. The van der Waals surface area contributed by atoms with Crippen LogP contribution in [0.4, 0.5) is 11.6 Å². The SMILES string of the molecule is Cn1c(N)c(C(=O)COC(=O)c2cccnc2SCC(=O)c2c(N)n(C)c(=O)n(C)c2=O)c(=O)n(C)c1=O. The van der Waals surface area contributed by atoms with Gasteiger partial charge in [-0.05, 0) is 12.1 Å². The first-order valence-electron chi connectivity index (χ1n) is 10.7. The molecule has 0 unspecified atom stereocenters. The van der Waals surface area contributed by atoms with Crippen molar-refractivity contribution >= 4 is 40.9 Å². The zero-order valence-corrected chi connectivity index (χ0v) is 21.5. The second-order valence-corrected chi connectivity index (χ2v) is 8.96. The quantitative estimate of drug-likeness (QED) is 0.180. The number of hydrogen-bond acceptors (Lipinski definition) is 12. The molecule has 15 nitrogen and oxygen atoms in total. The highest BCUT2D eigenvalue weighted by Crippen LogP contribution is 2.22. The molecule has 0 fully saturated rings. The average molecular weight is 546 g/mol. The number of ether oxygens (including phenoxy) is 1. The van der Waals surface area contributed by atoms with E-state index >= 15 is 0 Å². The summed E-state index contributed by atoms with van der Waals surface area (Å²) >= 11 is 0.804. The third-order valence-corrected chi connectivity index (χ3v) is 6.65. The van der Waals surface area contributed by atoms with Crippen molar-refractivity contribution in [2.75, 3.05) is 23.8 Å². The first-order chi connectivity index (χ1) is 17.8. The summed E-state index contributed by atoms with van der Waals surface area (Å²) in [5.74, 6) is -3.66. The van der Waals surface area contributed by atoms with E-state index in [4.69, 9.17) is 16.2 Å². The number of hydrogen-bond donors (Lipinski definition) is 2. The van der Waals surface area contributed by atoms with Gasteiger partial charge < -0.3 is 16.2 Å². The number of rotatable bonds is 8. The van der Waals surface area contributed by atoms with E-state index in [1.54, 1.807) is 0 Å². The Kier molecular flexibility index (Phi) is 7.85. The van der Waals surface area contributed by atoms with Crippen LogP contribution in [0.15, 0.2) is 42.5 Å². The molecule has 200 valence electrons. The standard InChI is InChI=1S/C22H23N7O8S/c1-26-15(23)13(18(32)28(3)21(26)35)11(30)8-37-20(34)10-6-5-7-25-17(10)38-9-12(31)14-16(24)27(2)22(36)29(4)19(14)33/h5-7H,8-9,23-24H2,1-4H3. The lowest BCUT2D eigenvalue weighted by atomic mass is 10.2. The number of esters is 1. The molecule has 3 heterocycles. The maximum atomic E-state index is 12.8. The second kappa shape index (κ2) is 10.7. The van der Waals surface area contributed by atoms with Crippen LogP contribution in [-0.4, -0.2) is 53.1 Å². The van der Waals surface area contributed by atoms with Crippen LogP contribution >= 0.6 is 11.8 Å². The molecule has 3 rings (SSSR count). The lowest BCUT2D eigenvalue weighted by molar-refractivity contribution is 0.0470. The largest absolute Gasteiger partial charge is 0.454 e.